The Bertz CT molecular complexity index is 261. The first-order chi connectivity index (χ1) is 7.15. The Morgan fingerprint density at radius 1 is 1.33 bits per heavy atom. The van der Waals surface area contributed by atoms with E-state index in [1.165, 1.54) is 5.57 Å². The van der Waals surface area contributed by atoms with Crippen LogP contribution in [0.1, 0.15) is 34.1 Å². The van der Waals surface area contributed by atoms with Crippen molar-refractivity contribution >= 4 is 28.3 Å². The van der Waals surface area contributed by atoms with E-state index in [0.717, 1.165) is 30.9 Å². The van der Waals surface area contributed by atoms with Crippen LogP contribution in [-0.4, -0.2) is 18.8 Å². The molecule has 0 aliphatic carbocycles. The zero-order valence-electron chi connectivity index (χ0n) is 10.1. The molecular weight excluding hydrogens is 299 g/mol. The fourth-order valence-electron chi connectivity index (χ4n) is 1.21. The molecule has 0 heterocycles. The Morgan fingerprint density at radius 2 is 2.00 bits per heavy atom. The first-order valence-corrected chi connectivity index (χ1v) is 6.61. The van der Waals surface area contributed by atoms with Gasteiger partial charge in [-0.15, -0.1) is 0 Å². The molecule has 15 heavy (non-hydrogen) atoms. The van der Waals surface area contributed by atoms with E-state index in [1.54, 1.807) is 0 Å². The highest BCUT2D eigenvalue weighted by molar-refractivity contribution is 14.1. The molecule has 0 atom stereocenters. The number of hydrogen-bond donors (Lipinski definition) is 1. The van der Waals surface area contributed by atoms with Crippen molar-refractivity contribution in [2.75, 3.05) is 13.1 Å². The summed E-state index contributed by atoms with van der Waals surface area (Å²) in [5, 5.41) is 3.35. The predicted molar refractivity (Wildman–Crippen MR) is 77.8 cm³/mol. The lowest BCUT2D eigenvalue weighted by Gasteiger charge is -2.08. The van der Waals surface area contributed by atoms with Crippen molar-refractivity contribution in [2.45, 2.75) is 34.1 Å². The lowest BCUT2D eigenvalue weighted by molar-refractivity contribution is 0.753. The van der Waals surface area contributed by atoms with Crippen LogP contribution < -0.4 is 5.32 Å². The van der Waals surface area contributed by atoms with Crippen molar-refractivity contribution < 1.29 is 0 Å². The molecule has 86 valence electrons. The van der Waals surface area contributed by atoms with Gasteiger partial charge >= 0.3 is 0 Å². The maximum absolute atomic E-state index is 4.56. The largest absolute Gasteiger partial charge is 0.313 e. The normalized spacial score (nSPS) is 12.9. The van der Waals surface area contributed by atoms with E-state index in [0.29, 0.717) is 0 Å². The molecule has 0 fully saturated rings. The van der Waals surface area contributed by atoms with Gasteiger partial charge in [-0.2, -0.15) is 0 Å². The molecule has 0 rings (SSSR count). The second kappa shape index (κ2) is 9.09. The molecule has 0 amide bonds. The van der Waals surface area contributed by atoms with Crippen LogP contribution in [0.15, 0.2) is 26.4 Å². The quantitative estimate of drug-likeness (QED) is 0.450. The predicted octanol–water partition coefficient (Wildman–Crippen LogP) is 3.69. The summed E-state index contributed by atoms with van der Waals surface area (Å²) in [6.45, 7) is 10.3. The van der Waals surface area contributed by atoms with Gasteiger partial charge in [-0.3, -0.25) is 4.99 Å². The molecule has 0 saturated heterocycles. The number of rotatable bonds is 6. The van der Waals surface area contributed by atoms with Gasteiger partial charge in [-0.1, -0.05) is 36.4 Å². The molecule has 0 unspecified atom stereocenters. The van der Waals surface area contributed by atoms with E-state index in [1.807, 2.05) is 17.9 Å². The molecule has 0 aliphatic heterocycles. The van der Waals surface area contributed by atoms with Crippen LogP contribution in [0.25, 0.3) is 0 Å². The number of likely N-dealkylation sites (N-methyl/N-ethyl adjacent to an activating group) is 1. The number of hydrogen-bond acceptors (Lipinski definition) is 2. The lowest BCUT2D eigenvalue weighted by Crippen LogP contribution is -2.16. The van der Waals surface area contributed by atoms with E-state index in [9.17, 15) is 0 Å². The van der Waals surface area contributed by atoms with Crippen LogP contribution in [0.2, 0.25) is 0 Å². The third-order valence-electron chi connectivity index (χ3n) is 1.94. The Morgan fingerprint density at radius 3 is 2.40 bits per heavy atom. The summed E-state index contributed by atoms with van der Waals surface area (Å²) in [6.07, 6.45) is 3.11. The average molecular weight is 320 g/mol. The van der Waals surface area contributed by atoms with E-state index < -0.39 is 0 Å². The van der Waals surface area contributed by atoms with Crippen molar-refractivity contribution in [3.63, 3.8) is 0 Å². The average Bonchev–Trinajstić information content (AvgIpc) is 2.18. The Hall–Kier alpha value is -0.160. The molecule has 2 nitrogen and oxygen atoms in total. The van der Waals surface area contributed by atoms with Crippen LogP contribution in [-0.2, 0) is 0 Å². The Kier molecular flexibility index (Phi) is 9.00. The summed E-state index contributed by atoms with van der Waals surface area (Å²) in [5.41, 5.74) is 3.57. The summed E-state index contributed by atoms with van der Waals surface area (Å²) < 4.78 is 2.02. The third-order valence-corrected chi connectivity index (χ3v) is 2.30. The van der Waals surface area contributed by atoms with Gasteiger partial charge in [-0.25, -0.2) is 0 Å². The van der Waals surface area contributed by atoms with E-state index in [2.05, 4.69) is 52.8 Å². The van der Waals surface area contributed by atoms with Gasteiger partial charge in [0.15, 0.2) is 0 Å². The Balaban J connectivity index is 4.90. The van der Waals surface area contributed by atoms with Crippen molar-refractivity contribution in [3.8, 4) is 0 Å². The number of nitrogens with one attached hydrogen (secondary N) is 1. The van der Waals surface area contributed by atoms with Gasteiger partial charge in [0.1, 0.15) is 0 Å². The van der Waals surface area contributed by atoms with Gasteiger partial charge in [0.25, 0.3) is 0 Å². The highest BCUT2D eigenvalue weighted by Crippen LogP contribution is 2.12. The maximum atomic E-state index is 4.56. The summed E-state index contributed by atoms with van der Waals surface area (Å²) in [5.74, 6) is 0. The minimum atomic E-state index is 0.931. The molecular formula is C12H21IN2. The van der Waals surface area contributed by atoms with Crippen molar-refractivity contribution in [1.29, 1.82) is 0 Å². The zero-order valence-corrected chi connectivity index (χ0v) is 12.3. The second-order valence-electron chi connectivity index (χ2n) is 3.47. The van der Waals surface area contributed by atoms with Gasteiger partial charge in [0.2, 0.25) is 0 Å². The summed E-state index contributed by atoms with van der Waals surface area (Å²) in [7, 11) is 0. The highest BCUT2D eigenvalue weighted by Gasteiger charge is 2.00. The first-order valence-electron chi connectivity index (χ1n) is 5.37. The van der Waals surface area contributed by atoms with Crippen LogP contribution in [0.5, 0.6) is 0 Å². The highest BCUT2D eigenvalue weighted by atomic mass is 127. The molecule has 3 heteroatoms. The summed E-state index contributed by atoms with van der Waals surface area (Å²) in [4.78, 5) is 4.56. The first kappa shape index (κ1) is 14.8. The van der Waals surface area contributed by atoms with Crippen molar-refractivity contribution in [2.24, 2.45) is 4.99 Å². The topological polar surface area (TPSA) is 24.4 Å². The molecule has 0 aromatic heterocycles. The molecule has 0 saturated carbocycles. The SMILES string of the molecule is CCNC/C(CC)=C(/C=C\I)N=C(C)C. The van der Waals surface area contributed by atoms with Crippen LogP contribution in [0.3, 0.4) is 0 Å². The van der Waals surface area contributed by atoms with E-state index >= 15 is 0 Å². The number of aliphatic imine (C=N–C) groups is 1. The molecule has 0 aliphatic rings. The smallest absolute Gasteiger partial charge is 0.0637 e. The second-order valence-corrected chi connectivity index (χ2v) is 4.19. The number of halogens is 1. The summed E-state index contributed by atoms with van der Waals surface area (Å²) >= 11 is 2.23. The molecule has 0 radical (unpaired) electrons. The van der Waals surface area contributed by atoms with Gasteiger partial charge < -0.3 is 5.32 Å². The van der Waals surface area contributed by atoms with Crippen LogP contribution >= 0.6 is 22.6 Å². The van der Waals surface area contributed by atoms with Gasteiger partial charge in [0.05, 0.1) is 5.70 Å². The number of allylic oxidation sites excluding steroid dienone is 1. The monoisotopic (exact) mass is 320 g/mol. The van der Waals surface area contributed by atoms with Crippen molar-refractivity contribution in [3.05, 3.63) is 21.4 Å². The van der Waals surface area contributed by atoms with Crippen molar-refractivity contribution in [1.82, 2.24) is 5.32 Å². The number of nitrogens with zero attached hydrogens (tertiary/aromatic N) is 1. The summed E-state index contributed by atoms with van der Waals surface area (Å²) in [6, 6.07) is 0. The fourth-order valence-corrected chi connectivity index (χ4v) is 1.55. The zero-order chi connectivity index (χ0) is 11.7. The third kappa shape index (κ3) is 6.84. The van der Waals surface area contributed by atoms with E-state index in [-0.39, 0.29) is 0 Å². The Labute approximate surface area is 107 Å². The molecule has 1 N–H and O–H groups in total. The minimum absolute atomic E-state index is 0.931. The van der Waals surface area contributed by atoms with Gasteiger partial charge in [-0.05, 0) is 42.5 Å². The standard InChI is InChI=1S/C12H21IN2/c1-5-11(9-14-6-2)12(7-8-13)15-10(3)4/h7-8,14H,5-6,9H2,1-4H3/b8-7-,12-11-. The molecule has 0 bridgehead atoms. The molecule has 0 aromatic carbocycles. The van der Waals surface area contributed by atoms with Gasteiger partial charge in [0, 0.05) is 12.3 Å². The molecule has 0 aromatic rings. The van der Waals surface area contributed by atoms with Crippen LogP contribution in [0, 0.1) is 0 Å². The lowest BCUT2D eigenvalue weighted by atomic mass is 10.1. The maximum Gasteiger partial charge on any atom is 0.0637 e. The molecule has 0 spiro atoms. The fraction of sp³-hybridized carbons (Fsp3) is 0.583. The minimum Gasteiger partial charge on any atom is -0.313 e. The van der Waals surface area contributed by atoms with E-state index in [4.69, 9.17) is 0 Å². The van der Waals surface area contributed by atoms with Crippen LogP contribution in [0.4, 0.5) is 0 Å².